The molecule has 0 atom stereocenters. The van der Waals surface area contributed by atoms with Gasteiger partial charge in [-0.05, 0) is 37.1 Å². The second kappa shape index (κ2) is 5.54. The molecule has 0 unspecified atom stereocenters. The van der Waals surface area contributed by atoms with Gasteiger partial charge in [0.05, 0.1) is 0 Å². The molecular weight excluding hydrogens is 200 g/mol. The third kappa shape index (κ3) is 2.75. The summed E-state index contributed by atoms with van der Waals surface area (Å²) in [7, 11) is 3.72. The Bertz CT molecular complexity index is 374. The first kappa shape index (κ1) is 12.6. The summed E-state index contributed by atoms with van der Waals surface area (Å²) in [5.74, 6) is 0.0904. The van der Waals surface area contributed by atoms with Crippen LogP contribution in [0.3, 0.4) is 0 Å². The number of rotatable bonds is 4. The maximum atomic E-state index is 12.0. The molecule has 0 saturated heterocycles. The third-order valence-corrected chi connectivity index (χ3v) is 2.65. The highest BCUT2D eigenvalue weighted by molar-refractivity contribution is 5.94. The number of amides is 1. The van der Waals surface area contributed by atoms with Gasteiger partial charge in [-0.2, -0.15) is 0 Å². The van der Waals surface area contributed by atoms with Crippen molar-refractivity contribution in [3.63, 3.8) is 0 Å². The van der Waals surface area contributed by atoms with Gasteiger partial charge >= 0.3 is 0 Å². The van der Waals surface area contributed by atoms with Crippen molar-refractivity contribution < 1.29 is 4.79 Å². The Kier molecular flexibility index (Phi) is 4.35. The number of aryl methyl sites for hydroxylation is 1. The van der Waals surface area contributed by atoms with Crippen molar-refractivity contribution in [1.29, 1.82) is 0 Å². The Hall–Kier alpha value is -1.51. The number of hydrogen-bond acceptors (Lipinski definition) is 2. The first-order chi connectivity index (χ1) is 7.60. The van der Waals surface area contributed by atoms with Gasteiger partial charge in [-0.25, -0.2) is 0 Å². The van der Waals surface area contributed by atoms with Crippen molar-refractivity contribution in [3.8, 4) is 0 Å². The number of carbonyl (C=O) groups is 1. The van der Waals surface area contributed by atoms with E-state index >= 15 is 0 Å². The average molecular weight is 220 g/mol. The summed E-state index contributed by atoms with van der Waals surface area (Å²) in [6, 6.07) is 5.75. The van der Waals surface area contributed by atoms with Crippen molar-refractivity contribution in [2.24, 2.45) is 0 Å². The summed E-state index contributed by atoms with van der Waals surface area (Å²) in [5.41, 5.74) is 2.92. The lowest BCUT2D eigenvalue weighted by Crippen LogP contribution is -2.27. The molecule has 0 bridgehead atoms. The molecule has 3 heteroatoms. The predicted molar refractivity (Wildman–Crippen MR) is 68.0 cm³/mol. The molecule has 0 spiro atoms. The minimum atomic E-state index is 0.0904. The average Bonchev–Trinajstić information content (AvgIpc) is 2.28. The van der Waals surface area contributed by atoms with Gasteiger partial charge in [-0.3, -0.25) is 4.79 Å². The molecule has 0 aliphatic rings. The number of nitrogens with zero attached hydrogens (tertiary/aromatic N) is 1. The lowest BCUT2D eigenvalue weighted by atomic mass is 10.1. The van der Waals surface area contributed by atoms with Crippen LogP contribution in [0, 0.1) is 6.92 Å². The van der Waals surface area contributed by atoms with Crippen molar-refractivity contribution >= 4 is 11.6 Å². The number of carbonyl (C=O) groups excluding carboxylic acids is 1. The van der Waals surface area contributed by atoms with Gasteiger partial charge in [0.15, 0.2) is 0 Å². The Balaban J connectivity index is 2.88. The first-order valence-corrected chi connectivity index (χ1v) is 5.64. The topological polar surface area (TPSA) is 32.3 Å². The monoisotopic (exact) mass is 220 g/mol. The van der Waals surface area contributed by atoms with Crippen LogP contribution in [-0.4, -0.2) is 31.4 Å². The lowest BCUT2D eigenvalue weighted by molar-refractivity contribution is 0.0795. The molecule has 88 valence electrons. The highest BCUT2D eigenvalue weighted by Crippen LogP contribution is 2.16. The first-order valence-electron chi connectivity index (χ1n) is 5.64. The molecule has 1 rings (SSSR count). The van der Waals surface area contributed by atoms with E-state index in [4.69, 9.17) is 0 Å². The summed E-state index contributed by atoms with van der Waals surface area (Å²) < 4.78 is 0. The Morgan fingerprint density at radius 2 is 2.12 bits per heavy atom. The van der Waals surface area contributed by atoms with E-state index in [1.165, 1.54) is 0 Å². The molecule has 0 aliphatic heterocycles. The normalized spacial score (nSPS) is 10.0. The molecule has 0 heterocycles. The van der Waals surface area contributed by atoms with E-state index in [-0.39, 0.29) is 5.91 Å². The second-order valence-electron chi connectivity index (χ2n) is 4.01. The SMILES string of the molecule is CCCN(C)C(=O)c1ccc(NC)c(C)c1. The van der Waals surface area contributed by atoms with Crippen LogP contribution in [0.25, 0.3) is 0 Å². The van der Waals surface area contributed by atoms with Gasteiger partial charge in [0.2, 0.25) is 0 Å². The van der Waals surface area contributed by atoms with E-state index in [9.17, 15) is 4.79 Å². The molecule has 16 heavy (non-hydrogen) atoms. The number of nitrogens with one attached hydrogen (secondary N) is 1. The lowest BCUT2D eigenvalue weighted by Gasteiger charge is -2.17. The fraction of sp³-hybridized carbons (Fsp3) is 0.462. The molecule has 0 fully saturated rings. The standard InChI is InChI=1S/C13H20N2O/c1-5-8-15(4)13(16)11-6-7-12(14-3)10(2)9-11/h6-7,9,14H,5,8H2,1-4H3. The highest BCUT2D eigenvalue weighted by Gasteiger charge is 2.11. The van der Waals surface area contributed by atoms with Crippen LogP contribution in [0.15, 0.2) is 18.2 Å². The Morgan fingerprint density at radius 1 is 1.44 bits per heavy atom. The molecule has 1 N–H and O–H groups in total. The molecule has 3 nitrogen and oxygen atoms in total. The van der Waals surface area contributed by atoms with Crippen LogP contribution in [0.2, 0.25) is 0 Å². The Morgan fingerprint density at radius 3 is 2.62 bits per heavy atom. The van der Waals surface area contributed by atoms with Gasteiger partial charge in [-0.15, -0.1) is 0 Å². The van der Waals surface area contributed by atoms with Crippen molar-refractivity contribution in [2.45, 2.75) is 20.3 Å². The zero-order chi connectivity index (χ0) is 12.1. The molecule has 0 aromatic heterocycles. The minimum Gasteiger partial charge on any atom is -0.388 e. The quantitative estimate of drug-likeness (QED) is 0.845. The minimum absolute atomic E-state index is 0.0904. The van der Waals surface area contributed by atoms with Crippen LogP contribution in [0.5, 0.6) is 0 Å². The van der Waals surface area contributed by atoms with Crippen LogP contribution in [0.4, 0.5) is 5.69 Å². The molecule has 1 aromatic rings. The van der Waals surface area contributed by atoms with E-state index in [2.05, 4.69) is 12.2 Å². The van der Waals surface area contributed by atoms with Crippen LogP contribution < -0.4 is 5.32 Å². The highest BCUT2D eigenvalue weighted by atomic mass is 16.2. The Labute approximate surface area is 97.5 Å². The molecule has 1 aromatic carbocycles. The van der Waals surface area contributed by atoms with Crippen LogP contribution in [0.1, 0.15) is 29.3 Å². The largest absolute Gasteiger partial charge is 0.388 e. The molecule has 0 saturated carbocycles. The van der Waals surface area contributed by atoms with Gasteiger partial charge in [0.1, 0.15) is 0 Å². The fourth-order valence-electron chi connectivity index (χ4n) is 1.73. The second-order valence-corrected chi connectivity index (χ2v) is 4.01. The number of anilines is 1. The summed E-state index contributed by atoms with van der Waals surface area (Å²) in [5, 5.41) is 3.09. The van der Waals surface area contributed by atoms with E-state index in [0.717, 1.165) is 29.8 Å². The summed E-state index contributed by atoms with van der Waals surface area (Å²) in [6.45, 7) is 4.87. The predicted octanol–water partition coefficient (Wildman–Crippen LogP) is 2.52. The third-order valence-electron chi connectivity index (χ3n) is 2.65. The number of benzene rings is 1. The van der Waals surface area contributed by atoms with Gasteiger partial charge in [0, 0.05) is 31.9 Å². The van der Waals surface area contributed by atoms with Crippen molar-refractivity contribution in [2.75, 3.05) is 26.0 Å². The van der Waals surface area contributed by atoms with Crippen molar-refractivity contribution in [3.05, 3.63) is 29.3 Å². The smallest absolute Gasteiger partial charge is 0.253 e. The molecule has 1 amide bonds. The van der Waals surface area contributed by atoms with E-state index in [1.54, 1.807) is 4.90 Å². The van der Waals surface area contributed by atoms with Crippen LogP contribution >= 0.6 is 0 Å². The molecule has 0 radical (unpaired) electrons. The van der Waals surface area contributed by atoms with E-state index in [0.29, 0.717) is 0 Å². The van der Waals surface area contributed by atoms with Crippen LogP contribution in [-0.2, 0) is 0 Å². The summed E-state index contributed by atoms with van der Waals surface area (Å²) >= 11 is 0. The maximum Gasteiger partial charge on any atom is 0.253 e. The van der Waals surface area contributed by atoms with E-state index < -0.39 is 0 Å². The van der Waals surface area contributed by atoms with Gasteiger partial charge in [-0.1, -0.05) is 6.92 Å². The van der Waals surface area contributed by atoms with Gasteiger partial charge < -0.3 is 10.2 Å². The maximum absolute atomic E-state index is 12.0. The summed E-state index contributed by atoms with van der Waals surface area (Å²) in [4.78, 5) is 13.7. The van der Waals surface area contributed by atoms with Gasteiger partial charge in [0.25, 0.3) is 5.91 Å². The fourth-order valence-corrected chi connectivity index (χ4v) is 1.73. The summed E-state index contributed by atoms with van der Waals surface area (Å²) in [6.07, 6.45) is 0.982. The van der Waals surface area contributed by atoms with Crippen molar-refractivity contribution in [1.82, 2.24) is 4.90 Å². The zero-order valence-electron chi connectivity index (χ0n) is 10.5. The molecule has 0 aliphatic carbocycles. The molecular formula is C13H20N2O. The zero-order valence-corrected chi connectivity index (χ0v) is 10.5. The number of hydrogen-bond donors (Lipinski definition) is 1. The van der Waals surface area contributed by atoms with E-state index in [1.807, 2.05) is 39.2 Å².